The van der Waals surface area contributed by atoms with Crippen molar-refractivity contribution < 1.29 is 4.52 Å². The second kappa shape index (κ2) is 3.50. The lowest BCUT2D eigenvalue weighted by Crippen LogP contribution is -2.48. The minimum absolute atomic E-state index is 0.411. The van der Waals surface area contributed by atoms with E-state index in [0.29, 0.717) is 11.3 Å². The van der Waals surface area contributed by atoms with Gasteiger partial charge in [0.05, 0.1) is 5.69 Å². The number of aryl methyl sites for hydroxylation is 1. The number of hydrogen-bond acceptors (Lipinski definition) is 2. The smallest absolute Gasteiger partial charge is 0.170 e. The molecule has 0 aliphatic heterocycles. The molecular weight excluding hydrogens is 234 g/mol. The first-order valence-electron chi connectivity index (χ1n) is 7.13. The monoisotopic (exact) mass is 253 g/mol. The predicted molar refractivity (Wildman–Crippen MR) is 75.0 cm³/mol. The summed E-state index contributed by atoms with van der Waals surface area (Å²) in [6.07, 6.45) is 2.42. The van der Waals surface area contributed by atoms with E-state index in [0.717, 1.165) is 18.1 Å². The van der Waals surface area contributed by atoms with Gasteiger partial charge in [0.1, 0.15) is 0 Å². The molecule has 1 heterocycles. The van der Waals surface area contributed by atoms with Gasteiger partial charge >= 0.3 is 0 Å². The lowest BCUT2D eigenvalue weighted by Gasteiger charge is -2.55. The molecule has 3 aliphatic carbocycles. The van der Waals surface area contributed by atoms with Crippen LogP contribution in [0.1, 0.15) is 43.0 Å². The third-order valence-corrected chi connectivity index (χ3v) is 5.38. The van der Waals surface area contributed by atoms with Gasteiger partial charge in [-0.1, -0.05) is 48.8 Å². The van der Waals surface area contributed by atoms with Crippen LogP contribution in [0.25, 0.3) is 11.3 Å². The molecular formula is C17H19NO. The molecule has 1 saturated carbocycles. The maximum Gasteiger partial charge on any atom is 0.170 e. The van der Waals surface area contributed by atoms with E-state index in [2.05, 4.69) is 50.2 Å². The summed E-state index contributed by atoms with van der Waals surface area (Å²) in [5, 5.41) is 4.40. The van der Waals surface area contributed by atoms with E-state index in [-0.39, 0.29) is 0 Å². The number of benzene rings is 1. The van der Waals surface area contributed by atoms with Crippen molar-refractivity contribution in [1.29, 1.82) is 0 Å². The van der Waals surface area contributed by atoms with Gasteiger partial charge in [-0.2, -0.15) is 0 Å². The zero-order chi connectivity index (χ0) is 13.2. The molecule has 0 amide bonds. The fraction of sp³-hybridized carbons (Fsp3) is 0.471. The van der Waals surface area contributed by atoms with Gasteiger partial charge in [0.25, 0.3) is 0 Å². The molecule has 0 saturated heterocycles. The van der Waals surface area contributed by atoms with Crippen molar-refractivity contribution in [1.82, 2.24) is 5.16 Å². The van der Waals surface area contributed by atoms with Crippen molar-refractivity contribution in [2.45, 2.75) is 39.5 Å². The Bertz CT molecular complexity index is 636. The molecule has 2 unspecified atom stereocenters. The van der Waals surface area contributed by atoms with Gasteiger partial charge in [0, 0.05) is 17.0 Å². The van der Waals surface area contributed by atoms with Crippen molar-refractivity contribution >= 4 is 0 Å². The highest BCUT2D eigenvalue weighted by molar-refractivity contribution is 5.64. The fourth-order valence-electron chi connectivity index (χ4n) is 3.80. The Hall–Kier alpha value is -1.57. The Morgan fingerprint density at radius 1 is 1.21 bits per heavy atom. The largest absolute Gasteiger partial charge is 0.356 e. The average molecular weight is 253 g/mol. The van der Waals surface area contributed by atoms with Crippen LogP contribution in [0, 0.1) is 18.3 Å². The van der Waals surface area contributed by atoms with Crippen molar-refractivity contribution in [3.05, 3.63) is 41.1 Å². The Labute approximate surface area is 113 Å². The highest BCUT2D eigenvalue weighted by Gasteiger charge is 2.54. The lowest BCUT2D eigenvalue weighted by atomic mass is 9.48. The summed E-state index contributed by atoms with van der Waals surface area (Å²) in [5.74, 6) is 2.40. The molecule has 1 aromatic carbocycles. The summed E-state index contributed by atoms with van der Waals surface area (Å²) in [6, 6.07) is 8.55. The standard InChI is InChI=1S/C17H19NO/c1-10-4-6-11(7-5-10)16-13-8-12-9-14(17(12,2)3)15(13)18-19-16/h4-7,12,14H,8-9H2,1-3H3. The molecule has 2 heteroatoms. The summed E-state index contributed by atoms with van der Waals surface area (Å²) in [5.41, 5.74) is 5.45. The van der Waals surface area contributed by atoms with E-state index in [1.807, 2.05) is 0 Å². The van der Waals surface area contributed by atoms with Gasteiger partial charge in [0.15, 0.2) is 5.76 Å². The molecule has 5 rings (SSSR count). The third kappa shape index (κ3) is 1.40. The topological polar surface area (TPSA) is 26.0 Å². The third-order valence-electron chi connectivity index (χ3n) is 5.38. The van der Waals surface area contributed by atoms with Crippen LogP contribution >= 0.6 is 0 Å². The molecule has 98 valence electrons. The molecule has 1 fully saturated rings. The van der Waals surface area contributed by atoms with Gasteiger partial charge in [-0.3, -0.25) is 0 Å². The molecule has 2 bridgehead atoms. The van der Waals surface area contributed by atoms with Crippen molar-refractivity contribution in [3.8, 4) is 11.3 Å². The molecule has 0 spiro atoms. The van der Waals surface area contributed by atoms with Crippen molar-refractivity contribution in [3.63, 3.8) is 0 Å². The van der Waals surface area contributed by atoms with Crippen LogP contribution in [-0.2, 0) is 6.42 Å². The Balaban J connectivity index is 1.80. The van der Waals surface area contributed by atoms with Gasteiger partial charge in [-0.15, -0.1) is 0 Å². The van der Waals surface area contributed by atoms with Crippen LogP contribution in [-0.4, -0.2) is 5.16 Å². The van der Waals surface area contributed by atoms with Crippen LogP contribution in [0.5, 0.6) is 0 Å². The van der Waals surface area contributed by atoms with Gasteiger partial charge in [-0.05, 0) is 31.1 Å². The molecule has 2 atom stereocenters. The van der Waals surface area contributed by atoms with Crippen LogP contribution in [0.3, 0.4) is 0 Å². The first-order chi connectivity index (χ1) is 9.07. The van der Waals surface area contributed by atoms with E-state index in [4.69, 9.17) is 4.52 Å². The Kier molecular flexibility index (Phi) is 2.08. The molecule has 0 radical (unpaired) electrons. The van der Waals surface area contributed by atoms with E-state index in [1.54, 1.807) is 0 Å². The Morgan fingerprint density at radius 3 is 2.63 bits per heavy atom. The summed E-state index contributed by atoms with van der Waals surface area (Å²) >= 11 is 0. The quantitative estimate of drug-likeness (QED) is 0.755. The minimum atomic E-state index is 0.411. The Morgan fingerprint density at radius 2 is 1.95 bits per heavy atom. The number of rotatable bonds is 1. The van der Waals surface area contributed by atoms with Crippen molar-refractivity contribution in [2.75, 3.05) is 0 Å². The molecule has 19 heavy (non-hydrogen) atoms. The van der Waals surface area contributed by atoms with Crippen LogP contribution in [0.2, 0.25) is 0 Å². The zero-order valence-electron chi connectivity index (χ0n) is 11.7. The SMILES string of the molecule is Cc1ccc(-c2onc3c2CC2CC3C2(C)C)cc1. The summed E-state index contributed by atoms with van der Waals surface area (Å²) in [4.78, 5) is 0. The van der Waals surface area contributed by atoms with E-state index in [9.17, 15) is 0 Å². The predicted octanol–water partition coefficient (Wildman–Crippen LogP) is 4.34. The maximum atomic E-state index is 5.68. The second-order valence-electron chi connectivity index (χ2n) is 6.75. The number of nitrogens with zero attached hydrogens (tertiary/aromatic N) is 1. The van der Waals surface area contributed by atoms with Gasteiger partial charge in [-0.25, -0.2) is 0 Å². The maximum absolute atomic E-state index is 5.68. The van der Waals surface area contributed by atoms with E-state index in [1.165, 1.54) is 28.8 Å². The van der Waals surface area contributed by atoms with Gasteiger partial charge in [0.2, 0.25) is 0 Å². The molecule has 2 aromatic rings. The van der Waals surface area contributed by atoms with Gasteiger partial charge < -0.3 is 4.52 Å². The average Bonchev–Trinajstić information content (AvgIpc) is 2.83. The molecule has 0 N–H and O–H groups in total. The summed E-state index contributed by atoms with van der Waals surface area (Å²) in [7, 11) is 0. The normalized spacial score (nSPS) is 26.7. The van der Waals surface area contributed by atoms with Crippen molar-refractivity contribution in [2.24, 2.45) is 11.3 Å². The second-order valence-corrected chi connectivity index (χ2v) is 6.75. The van der Waals surface area contributed by atoms with E-state index < -0.39 is 0 Å². The highest BCUT2D eigenvalue weighted by Crippen LogP contribution is 2.62. The highest BCUT2D eigenvalue weighted by atomic mass is 16.5. The van der Waals surface area contributed by atoms with Crippen LogP contribution < -0.4 is 0 Å². The zero-order valence-corrected chi connectivity index (χ0v) is 11.7. The summed E-state index contributed by atoms with van der Waals surface area (Å²) in [6.45, 7) is 6.85. The molecule has 1 aromatic heterocycles. The number of aromatic nitrogens is 1. The fourth-order valence-corrected chi connectivity index (χ4v) is 3.80. The lowest BCUT2D eigenvalue weighted by molar-refractivity contribution is 0.0154. The summed E-state index contributed by atoms with van der Waals surface area (Å²) < 4.78 is 5.68. The first-order valence-corrected chi connectivity index (χ1v) is 7.13. The molecule has 3 aliphatic rings. The minimum Gasteiger partial charge on any atom is -0.356 e. The number of hydrogen-bond donors (Lipinski definition) is 0. The van der Waals surface area contributed by atoms with Crippen LogP contribution in [0.15, 0.2) is 28.8 Å². The van der Waals surface area contributed by atoms with E-state index >= 15 is 0 Å². The first kappa shape index (κ1) is 11.3. The van der Waals surface area contributed by atoms with Crippen LogP contribution in [0.4, 0.5) is 0 Å². The molecule has 2 nitrogen and oxygen atoms in total.